The van der Waals surface area contributed by atoms with Crippen molar-refractivity contribution in [2.24, 2.45) is 0 Å². The van der Waals surface area contributed by atoms with Gasteiger partial charge < -0.3 is 19.1 Å². The first-order chi connectivity index (χ1) is 10.6. The zero-order valence-electron chi connectivity index (χ0n) is 13.1. The number of likely N-dealkylation sites (tertiary alicyclic amines) is 1. The van der Waals surface area contributed by atoms with Crippen LogP contribution in [0.1, 0.15) is 12.0 Å². The van der Waals surface area contributed by atoms with Crippen LogP contribution >= 0.6 is 0 Å². The zero-order chi connectivity index (χ0) is 16.1. The molecule has 22 heavy (non-hydrogen) atoms. The van der Waals surface area contributed by atoms with Crippen LogP contribution in [0.4, 0.5) is 0 Å². The summed E-state index contributed by atoms with van der Waals surface area (Å²) in [7, 11) is 4.49. The number of nitrogens with zero attached hydrogens (tertiary/aromatic N) is 1. The molecule has 0 aromatic heterocycles. The predicted octanol–water partition coefficient (Wildman–Crippen LogP) is 1.03. The van der Waals surface area contributed by atoms with Gasteiger partial charge in [-0.05, 0) is 17.7 Å². The van der Waals surface area contributed by atoms with Gasteiger partial charge in [0.25, 0.3) is 0 Å². The Hall–Kier alpha value is -2.08. The minimum atomic E-state index is -0.576. The molecule has 0 spiro atoms. The summed E-state index contributed by atoms with van der Waals surface area (Å²) in [6, 6.07) is 6.75. The van der Waals surface area contributed by atoms with Crippen molar-refractivity contribution >= 4 is 11.9 Å². The number of carbonyl (C=O) groups is 2. The topological polar surface area (TPSA) is 65.1 Å². The van der Waals surface area contributed by atoms with Crippen molar-refractivity contribution in [3.05, 3.63) is 29.8 Å². The minimum Gasteiger partial charge on any atom is -0.497 e. The molecule has 0 N–H and O–H groups in total. The van der Waals surface area contributed by atoms with Crippen LogP contribution in [0.5, 0.6) is 5.75 Å². The maximum absolute atomic E-state index is 12.5. The third-order valence-electron chi connectivity index (χ3n) is 3.88. The highest BCUT2D eigenvalue weighted by Crippen LogP contribution is 2.23. The number of hydrogen-bond acceptors (Lipinski definition) is 5. The van der Waals surface area contributed by atoms with Gasteiger partial charge in [0.1, 0.15) is 11.8 Å². The van der Waals surface area contributed by atoms with Crippen molar-refractivity contribution in [2.45, 2.75) is 25.0 Å². The Kier molecular flexibility index (Phi) is 5.38. The van der Waals surface area contributed by atoms with Crippen molar-refractivity contribution in [1.29, 1.82) is 0 Å². The molecule has 0 radical (unpaired) electrons. The number of ether oxygens (including phenoxy) is 3. The fourth-order valence-electron chi connectivity index (χ4n) is 2.66. The summed E-state index contributed by atoms with van der Waals surface area (Å²) in [5.74, 6) is 0.174. The molecule has 2 rings (SSSR count). The summed E-state index contributed by atoms with van der Waals surface area (Å²) in [5, 5.41) is 0. The lowest BCUT2D eigenvalue weighted by Crippen LogP contribution is -2.42. The van der Waals surface area contributed by atoms with E-state index in [4.69, 9.17) is 14.2 Å². The lowest BCUT2D eigenvalue weighted by Gasteiger charge is -2.22. The van der Waals surface area contributed by atoms with Crippen LogP contribution in [0.2, 0.25) is 0 Å². The summed E-state index contributed by atoms with van der Waals surface area (Å²) in [6.07, 6.45) is 0.534. The Balaban J connectivity index is 2.10. The van der Waals surface area contributed by atoms with E-state index < -0.39 is 12.0 Å². The number of benzene rings is 1. The van der Waals surface area contributed by atoms with Gasteiger partial charge in [-0.15, -0.1) is 0 Å². The first-order valence-corrected chi connectivity index (χ1v) is 7.12. The van der Waals surface area contributed by atoms with Gasteiger partial charge in [-0.25, -0.2) is 4.79 Å². The van der Waals surface area contributed by atoms with Crippen LogP contribution in [0.25, 0.3) is 0 Å². The normalized spacial score (nSPS) is 20.8. The van der Waals surface area contributed by atoms with Crippen molar-refractivity contribution < 1.29 is 23.8 Å². The minimum absolute atomic E-state index is 0.122. The fraction of sp³-hybridized carbons (Fsp3) is 0.500. The Morgan fingerprint density at radius 2 is 2.05 bits per heavy atom. The van der Waals surface area contributed by atoms with Crippen molar-refractivity contribution in [3.8, 4) is 5.75 Å². The summed E-state index contributed by atoms with van der Waals surface area (Å²) < 4.78 is 15.2. The smallest absolute Gasteiger partial charge is 0.328 e. The molecule has 6 heteroatoms. The summed E-state index contributed by atoms with van der Waals surface area (Å²) in [5.41, 5.74) is 0.842. The molecule has 1 amide bonds. The van der Waals surface area contributed by atoms with Crippen molar-refractivity contribution in [1.82, 2.24) is 4.90 Å². The van der Waals surface area contributed by atoms with Gasteiger partial charge in [0.2, 0.25) is 5.91 Å². The van der Waals surface area contributed by atoms with E-state index in [0.29, 0.717) is 18.7 Å². The number of carbonyl (C=O) groups excluding carboxylic acids is 2. The van der Waals surface area contributed by atoms with E-state index >= 15 is 0 Å². The standard InChI is InChI=1S/C16H21NO5/c1-20-12-6-4-5-11(7-12)8-15(18)17-10-13(21-2)9-14(17)16(19)22-3/h4-7,13-14H,8-10H2,1-3H3/t13-,14-/m0/s1. The zero-order valence-corrected chi connectivity index (χ0v) is 13.1. The summed E-state index contributed by atoms with van der Waals surface area (Å²) in [4.78, 5) is 25.9. The van der Waals surface area contributed by atoms with Crippen molar-refractivity contribution in [3.63, 3.8) is 0 Å². The average Bonchev–Trinajstić information content (AvgIpc) is 2.98. The summed E-state index contributed by atoms with van der Waals surface area (Å²) in [6.45, 7) is 0.402. The van der Waals surface area contributed by atoms with Crippen LogP contribution in [0, 0.1) is 0 Å². The Morgan fingerprint density at radius 1 is 1.27 bits per heavy atom. The third-order valence-corrected chi connectivity index (χ3v) is 3.88. The van der Waals surface area contributed by atoms with E-state index in [1.54, 1.807) is 19.1 Å². The number of rotatable bonds is 5. The van der Waals surface area contributed by atoms with Crippen LogP contribution in [-0.2, 0) is 25.5 Å². The van der Waals surface area contributed by atoms with Crippen LogP contribution in [0.3, 0.4) is 0 Å². The Morgan fingerprint density at radius 3 is 2.68 bits per heavy atom. The lowest BCUT2D eigenvalue weighted by molar-refractivity contribution is -0.150. The van der Waals surface area contributed by atoms with Gasteiger partial charge in [-0.1, -0.05) is 12.1 Å². The van der Waals surface area contributed by atoms with E-state index in [0.717, 1.165) is 5.56 Å². The second kappa shape index (κ2) is 7.26. The SMILES string of the molecule is COC(=O)[C@@H]1C[C@H](OC)CN1C(=O)Cc1cccc(OC)c1. The number of hydrogen-bond donors (Lipinski definition) is 0. The second-order valence-electron chi connectivity index (χ2n) is 5.21. The van der Waals surface area contributed by atoms with Crippen LogP contribution < -0.4 is 4.74 Å². The fourth-order valence-corrected chi connectivity index (χ4v) is 2.66. The number of amides is 1. The first kappa shape index (κ1) is 16.3. The molecule has 1 aromatic rings. The molecule has 0 saturated carbocycles. The molecule has 6 nitrogen and oxygen atoms in total. The highest BCUT2D eigenvalue weighted by Gasteiger charge is 2.40. The van der Waals surface area contributed by atoms with Crippen LogP contribution in [0.15, 0.2) is 24.3 Å². The van der Waals surface area contributed by atoms with Gasteiger partial charge >= 0.3 is 5.97 Å². The highest BCUT2D eigenvalue weighted by atomic mass is 16.5. The van der Waals surface area contributed by atoms with Gasteiger partial charge in [-0.2, -0.15) is 0 Å². The lowest BCUT2D eigenvalue weighted by atomic mass is 10.1. The molecule has 1 heterocycles. The molecule has 1 aliphatic rings. The van der Waals surface area contributed by atoms with Gasteiger partial charge in [0, 0.05) is 20.1 Å². The molecule has 1 aliphatic heterocycles. The van der Waals surface area contributed by atoms with Gasteiger partial charge in [-0.3, -0.25) is 4.79 Å². The molecule has 0 bridgehead atoms. The maximum Gasteiger partial charge on any atom is 0.328 e. The molecular weight excluding hydrogens is 286 g/mol. The third kappa shape index (κ3) is 3.57. The number of esters is 1. The van der Waals surface area contributed by atoms with Gasteiger partial charge in [0.05, 0.1) is 26.7 Å². The average molecular weight is 307 g/mol. The molecule has 1 aromatic carbocycles. The summed E-state index contributed by atoms with van der Waals surface area (Å²) >= 11 is 0. The monoisotopic (exact) mass is 307 g/mol. The van der Waals surface area contributed by atoms with E-state index in [1.807, 2.05) is 24.3 Å². The Labute approximate surface area is 129 Å². The first-order valence-electron chi connectivity index (χ1n) is 7.12. The van der Waals surface area contributed by atoms with E-state index in [-0.39, 0.29) is 18.4 Å². The van der Waals surface area contributed by atoms with Crippen LogP contribution in [-0.4, -0.2) is 56.8 Å². The maximum atomic E-state index is 12.5. The molecule has 0 unspecified atom stereocenters. The molecular formula is C16H21NO5. The van der Waals surface area contributed by atoms with E-state index in [1.165, 1.54) is 7.11 Å². The molecule has 120 valence electrons. The number of methoxy groups -OCH3 is 3. The van der Waals surface area contributed by atoms with Crippen molar-refractivity contribution in [2.75, 3.05) is 27.9 Å². The van der Waals surface area contributed by atoms with E-state index in [2.05, 4.69) is 0 Å². The largest absolute Gasteiger partial charge is 0.497 e. The Bertz CT molecular complexity index is 545. The van der Waals surface area contributed by atoms with Gasteiger partial charge in [0.15, 0.2) is 0 Å². The molecule has 1 fully saturated rings. The second-order valence-corrected chi connectivity index (χ2v) is 5.21. The molecule has 2 atom stereocenters. The predicted molar refractivity (Wildman–Crippen MR) is 79.6 cm³/mol. The van der Waals surface area contributed by atoms with E-state index in [9.17, 15) is 9.59 Å². The highest BCUT2D eigenvalue weighted by molar-refractivity contribution is 5.86. The molecule has 1 saturated heterocycles. The molecule has 0 aliphatic carbocycles. The quantitative estimate of drug-likeness (QED) is 0.760.